The SMILES string of the molecule is Nc1cccc(C(=O)Nc2ccc(=O)[nH]n2)c1Cl. The Kier molecular flexibility index (Phi) is 3.29. The van der Waals surface area contributed by atoms with Crippen LogP contribution in [0.25, 0.3) is 0 Å². The van der Waals surface area contributed by atoms with Crippen LogP contribution in [-0.4, -0.2) is 16.1 Å². The number of anilines is 2. The first kappa shape index (κ1) is 12.1. The summed E-state index contributed by atoms with van der Waals surface area (Å²) in [5.74, 6) is -0.232. The molecular weight excluding hydrogens is 256 g/mol. The van der Waals surface area contributed by atoms with Crippen LogP contribution in [0.4, 0.5) is 11.5 Å². The Balaban J connectivity index is 2.24. The Morgan fingerprint density at radius 1 is 1.33 bits per heavy atom. The van der Waals surface area contributed by atoms with E-state index in [0.29, 0.717) is 5.69 Å². The third-order valence-electron chi connectivity index (χ3n) is 2.19. The highest BCUT2D eigenvalue weighted by Gasteiger charge is 2.12. The second-order valence-corrected chi connectivity index (χ2v) is 3.85. The average Bonchev–Trinajstić information content (AvgIpc) is 2.35. The van der Waals surface area contributed by atoms with Crippen LogP contribution in [0.5, 0.6) is 0 Å². The Labute approximate surface area is 107 Å². The molecule has 0 aliphatic heterocycles. The van der Waals surface area contributed by atoms with Gasteiger partial charge in [-0.25, -0.2) is 5.10 Å². The third kappa shape index (κ3) is 2.49. The van der Waals surface area contributed by atoms with Crippen LogP contribution in [0, 0.1) is 0 Å². The summed E-state index contributed by atoms with van der Waals surface area (Å²) >= 11 is 5.92. The maximum Gasteiger partial charge on any atom is 0.264 e. The van der Waals surface area contributed by atoms with Crippen molar-refractivity contribution in [2.45, 2.75) is 0 Å². The van der Waals surface area contributed by atoms with Gasteiger partial charge in [0.15, 0.2) is 5.82 Å². The molecule has 4 N–H and O–H groups in total. The number of nitrogens with one attached hydrogen (secondary N) is 2. The van der Waals surface area contributed by atoms with E-state index in [1.54, 1.807) is 18.2 Å². The van der Waals surface area contributed by atoms with Gasteiger partial charge in [0.05, 0.1) is 16.3 Å². The number of hydrogen-bond donors (Lipinski definition) is 3. The highest BCUT2D eigenvalue weighted by atomic mass is 35.5. The van der Waals surface area contributed by atoms with E-state index in [1.807, 2.05) is 0 Å². The van der Waals surface area contributed by atoms with Gasteiger partial charge in [0.1, 0.15) is 0 Å². The summed E-state index contributed by atoms with van der Waals surface area (Å²) in [6.07, 6.45) is 0. The number of aromatic nitrogens is 2. The number of benzene rings is 1. The van der Waals surface area contributed by atoms with E-state index in [4.69, 9.17) is 17.3 Å². The third-order valence-corrected chi connectivity index (χ3v) is 2.62. The molecule has 0 atom stereocenters. The number of nitrogen functional groups attached to an aromatic ring is 1. The zero-order valence-electron chi connectivity index (χ0n) is 9.11. The number of halogens is 1. The molecule has 92 valence electrons. The zero-order chi connectivity index (χ0) is 13.1. The molecule has 18 heavy (non-hydrogen) atoms. The minimum absolute atomic E-state index is 0.180. The van der Waals surface area contributed by atoms with Gasteiger partial charge in [-0.3, -0.25) is 9.59 Å². The molecule has 0 aliphatic carbocycles. The van der Waals surface area contributed by atoms with E-state index in [-0.39, 0.29) is 22.0 Å². The Hall–Kier alpha value is -2.34. The largest absolute Gasteiger partial charge is 0.398 e. The van der Waals surface area contributed by atoms with Crippen LogP contribution in [-0.2, 0) is 0 Å². The Morgan fingerprint density at radius 2 is 2.11 bits per heavy atom. The average molecular weight is 265 g/mol. The molecule has 0 fully saturated rings. The van der Waals surface area contributed by atoms with Crippen molar-refractivity contribution in [3.8, 4) is 0 Å². The minimum Gasteiger partial charge on any atom is -0.398 e. The first-order chi connectivity index (χ1) is 8.58. The predicted molar refractivity (Wildman–Crippen MR) is 68.7 cm³/mol. The van der Waals surface area contributed by atoms with E-state index in [9.17, 15) is 9.59 Å². The van der Waals surface area contributed by atoms with Crippen molar-refractivity contribution in [3.63, 3.8) is 0 Å². The summed E-state index contributed by atoms with van der Waals surface area (Å²) in [6, 6.07) is 7.40. The Morgan fingerprint density at radius 3 is 2.78 bits per heavy atom. The van der Waals surface area contributed by atoms with Crippen molar-refractivity contribution < 1.29 is 4.79 Å². The number of nitrogens with zero attached hydrogens (tertiary/aromatic N) is 1. The number of aromatic amines is 1. The normalized spacial score (nSPS) is 10.1. The van der Waals surface area contributed by atoms with Crippen molar-refractivity contribution in [2.24, 2.45) is 0 Å². The lowest BCUT2D eigenvalue weighted by molar-refractivity contribution is 0.102. The van der Waals surface area contributed by atoms with E-state index in [1.165, 1.54) is 12.1 Å². The van der Waals surface area contributed by atoms with Gasteiger partial charge in [0, 0.05) is 6.07 Å². The number of carbonyl (C=O) groups is 1. The smallest absolute Gasteiger partial charge is 0.264 e. The van der Waals surface area contributed by atoms with Crippen LogP contribution in [0.3, 0.4) is 0 Å². The monoisotopic (exact) mass is 264 g/mol. The van der Waals surface area contributed by atoms with Crippen LogP contribution >= 0.6 is 11.6 Å². The van der Waals surface area contributed by atoms with Crippen molar-refractivity contribution in [1.29, 1.82) is 0 Å². The number of nitrogens with two attached hydrogens (primary N) is 1. The highest BCUT2D eigenvalue weighted by molar-refractivity contribution is 6.36. The summed E-state index contributed by atoms with van der Waals surface area (Å²) in [5.41, 5.74) is 5.80. The molecule has 0 spiro atoms. The molecule has 6 nitrogen and oxygen atoms in total. The number of H-pyrrole nitrogens is 1. The quantitative estimate of drug-likeness (QED) is 0.711. The molecule has 0 aliphatic rings. The van der Waals surface area contributed by atoms with Crippen molar-refractivity contribution in [3.05, 3.63) is 51.3 Å². The molecule has 0 unspecified atom stereocenters. The van der Waals surface area contributed by atoms with Gasteiger partial charge >= 0.3 is 0 Å². The zero-order valence-corrected chi connectivity index (χ0v) is 9.86. The van der Waals surface area contributed by atoms with Crippen LogP contribution in [0.15, 0.2) is 35.1 Å². The fourth-order valence-corrected chi connectivity index (χ4v) is 1.53. The highest BCUT2D eigenvalue weighted by Crippen LogP contribution is 2.23. The van der Waals surface area contributed by atoms with Gasteiger partial charge in [0.25, 0.3) is 11.5 Å². The van der Waals surface area contributed by atoms with Gasteiger partial charge in [-0.15, -0.1) is 0 Å². The summed E-state index contributed by atoms with van der Waals surface area (Å²) in [6.45, 7) is 0. The van der Waals surface area contributed by atoms with E-state index < -0.39 is 5.91 Å². The molecule has 2 rings (SSSR count). The van der Waals surface area contributed by atoms with Gasteiger partial charge in [0.2, 0.25) is 0 Å². The standard InChI is InChI=1S/C11H9ClN4O2/c12-10-6(2-1-3-7(10)13)11(18)14-8-4-5-9(17)16-15-8/h1-5H,13H2,(H,16,17)(H,14,15,18). The molecule has 1 aromatic heterocycles. The fourth-order valence-electron chi connectivity index (χ4n) is 1.32. The molecule has 0 bridgehead atoms. The molecule has 0 saturated carbocycles. The molecule has 1 amide bonds. The molecule has 0 saturated heterocycles. The van der Waals surface area contributed by atoms with Gasteiger partial charge in [-0.2, -0.15) is 5.10 Å². The lowest BCUT2D eigenvalue weighted by atomic mass is 10.2. The number of amides is 1. The maximum absolute atomic E-state index is 11.9. The van der Waals surface area contributed by atoms with Crippen molar-refractivity contribution >= 4 is 29.0 Å². The molecule has 1 heterocycles. The van der Waals surface area contributed by atoms with Crippen LogP contribution < -0.4 is 16.6 Å². The topological polar surface area (TPSA) is 101 Å². The molecule has 2 aromatic rings. The van der Waals surface area contributed by atoms with Crippen molar-refractivity contribution in [2.75, 3.05) is 11.1 Å². The number of carbonyl (C=O) groups excluding carboxylic acids is 1. The first-order valence-electron chi connectivity index (χ1n) is 4.99. The Bertz CT molecular complexity index is 633. The second-order valence-electron chi connectivity index (χ2n) is 3.47. The summed E-state index contributed by atoms with van der Waals surface area (Å²) in [5, 5.41) is 8.53. The molecular formula is C11H9ClN4O2. The number of hydrogen-bond acceptors (Lipinski definition) is 4. The second kappa shape index (κ2) is 4.89. The lowest BCUT2D eigenvalue weighted by Gasteiger charge is -2.06. The van der Waals surface area contributed by atoms with E-state index >= 15 is 0 Å². The summed E-state index contributed by atoms with van der Waals surface area (Å²) in [7, 11) is 0. The van der Waals surface area contributed by atoms with E-state index in [2.05, 4.69) is 15.5 Å². The van der Waals surface area contributed by atoms with Gasteiger partial charge in [-0.1, -0.05) is 17.7 Å². The molecule has 1 aromatic carbocycles. The van der Waals surface area contributed by atoms with Crippen LogP contribution in [0.2, 0.25) is 5.02 Å². The lowest BCUT2D eigenvalue weighted by Crippen LogP contribution is -2.16. The van der Waals surface area contributed by atoms with Gasteiger partial charge in [-0.05, 0) is 18.2 Å². The summed E-state index contributed by atoms with van der Waals surface area (Å²) in [4.78, 5) is 22.7. The van der Waals surface area contributed by atoms with Crippen LogP contribution in [0.1, 0.15) is 10.4 Å². The van der Waals surface area contributed by atoms with Gasteiger partial charge < -0.3 is 11.1 Å². The molecule has 0 radical (unpaired) electrons. The fraction of sp³-hybridized carbons (Fsp3) is 0. The number of rotatable bonds is 2. The maximum atomic E-state index is 11.9. The predicted octanol–water partition coefficient (Wildman–Crippen LogP) is 1.26. The molecule has 7 heteroatoms. The first-order valence-corrected chi connectivity index (χ1v) is 5.37. The van der Waals surface area contributed by atoms with E-state index in [0.717, 1.165) is 0 Å². The minimum atomic E-state index is -0.452. The van der Waals surface area contributed by atoms with Crippen molar-refractivity contribution in [1.82, 2.24) is 10.2 Å². The summed E-state index contributed by atoms with van der Waals surface area (Å²) < 4.78 is 0.